The van der Waals surface area contributed by atoms with Crippen molar-refractivity contribution in [3.8, 4) is 0 Å². The van der Waals surface area contributed by atoms with Gasteiger partial charge in [-0.15, -0.1) is 0 Å². The average molecular weight is 280 g/mol. The predicted molar refractivity (Wildman–Crippen MR) is 67.8 cm³/mol. The normalized spacial score (nSPS) is 12.7. The SMILES string of the molecule is Cc1cc(C(Br)Cc2ccccn2)c(C)o1. The van der Waals surface area contributed by atoms with E-state index in [0.717, 1.165) is 23.6 Å². The van der Waals surface area contributed by atoms with E-state index in [2.05, 4.69) is 27.0 Å². The molecule has 0 aliphatic carbocycles. The molecule has 1 atom stereocenters. The van der Waals surface area contributed by atoms with Crippen molar-refractivity contribution in [3.63, 3.8) is 0 Å². The molecule has 1 unspecified atom stereocenters. The van der Waals surface area contributed by atoms with Crippen LogP contribution in [0.15, 0.2) is 34.9 Å². The zero-order chi connectivity index (χ0) is 11.5. The number of aryl methyl sites for hydroxylation is 2. The molecule has 0 radical (unpaired) electrons. The van der Waals surface area contributed by atoms with Gasteiger partial charge in [-0.2, -0.15) is 0 Å². The highest BCUT2D eigenvalue weighted by atomic mass is 79.9. The van der Waals surface area contributed by atoms with Gasteiger partial charge in [0.05, 0.1) is 0 Å². The second-order valence-electron chi connectivity index (χ2n) is 3.86. The van der Waals surface area contributed by atoms with Gasteiger partial charge in [-0.25, -0.2) is 0 Å². The summed E-state index contributed by atoms with van der Waals surface area (Å²) in [5.41, 5.74) is 2.30. The zero-order valence-electron chi connectivity index (χ0n) is 9.40. The highest BCUT2D eigenvalue weighted by Gasteiger charge is 2.15. The van der Waals surface area contributed by atoms with E-state index in [4.69, 9.17) is 4.42 Å². The Hall–Kier alpha value is -1.09. The minimum atomic E-state index is 0.264. The molecule has 0 aliphatic rings. The van der Waals surface area contributed by atoms with Crippen LogP contribution in [0.3, 0.4) is 0 Å². The maximum absolute atomic E-state index is 5.52. The molecule has 0 saturated carbocycles. The van der Waals surface area contributed by atoms with Gasteiger partial charge in [0.15, 0.2) is 0 Å². The van der Waals surface area contributed by atoms with Crippen LogP contribution in [0.1, 0.15) is 27.6 Å². The van der Waals surface area contributed by atoms with Crippen LogP contribution in [0, 0.1) is 13.8 Å². The van der Waals surface area contributed by atoms with Crippen molar-refractivity contribution in [3.05, 3.63) is 53.2 Å². The highest BCUT2D eigenvalue weighted by Crippen LogP contribution is 2.30. The van der Waals surface area contributed by atoms with Gasteiger partial charge in [-0.05, 0) is 32.0 Å². The number of rotatable bonds is 3. The second kappa shape index (κ2) is 4.83. The van der Waals surface area contributed by atoms with Crippen LogP contribution in [0.2, 0.25) is 0 Å². The lowest BCUT2D eigenvalue weighted by Crippen LogP contribution is -1.97. The van der Waals surface area contributed by atoms with Crippen LogP contribution in [0.5, 0.6) is 0 Å². The molecule has 0 spiro atoms. The van der Waals surface area contributed by atoms with Crippen LogP contribution in [-0.2, 0) is 6.42 Å². The summed E-state index contributed by atoms with van der Waals surface area (Å²) in [6, 6.07) is 8.06. The Bertz CT molecular complexity index is 464. The van der Waals surface area contributed by atoms with Crippen LogP contribution in [0.4, 0.5) is 0 Å². The molecule has 2 aromatic rings. The van der Waals surface area contributed by atoms with E-state index in [1.165, 1.54) is 5.56 Å². The van der Waals surface area contributed by atoms with Gasteiger partial charge >= 0.3 is 0 Å². The van der Waals surface area contributed by atoms with Crippen molar-refractivity contribution in [1.82, 2.24) is 4.98 Å². The molecule has 2 heterocycles. The van der Waals surface area contributed by atoms with Crippen molar-refractivity contribution < 1.29 is 4.42 Å². The van der Waals surface area contributed by atoms with Crippen molar-refractivity contribution in [2.75, 3.05) is 0 Å². The van der Waals surface area contributed by atoms with Gasteiger partial charge in [-0.3, -0.25) is 4.98 Å². The summed E-state index contributed by atoms with van der Waals surface area (Å²) in [6.07, 6.45) is 2.70. The standard InChI is InChI=1S/C13H14BrNO/c1-9-7-12(10(2)16-9)13(14)8-11-5-3-4-6-15-11/h3-7,13H,8H2,1-2H3. The van der Waals surface area contributed by atoms with Crippen molar-refractivity contribution in [2.45, 2.75) is 25.1 Å². The van der Waals surface area contributed by atoms with Crippen molar-refractivity contribution in [1.29, 1.82) is 0 Å². The molecule has 16 heavy (non-hydrogen) atoms. The summed E-state index contributed by atoms with van der Waals surface area (Å²) in [5.74, 6) is 1.94. The van der Waals surface area contributed by atoms with Gasteiger partial charge in [-0.1, -0.05) is 22.0 Å². The van der Waals surface area contributed by atoms with E-state index >= 15 is 0 Å². The number of aromatic nitrogens is 1. The summed E-state index contributed by atoms with van der Waals surface area (Å²) in [4.78, 5) is 4.58. The van der Waals surface area contributed by atoms with Crippen molar-refractivity contribution >= 4 is 15.9 Å². The van der Waals surface area contributed by atoms with Crippen LogP contribution < -0.4 is 0 Å². The first-order valence-electron chi connectivity index (χ1n) is 5.27. The second-order valence-corrected chi connectivity index (χ2v) is 4.97. The van der Waals surface area contributed by atoms with Gasteiger partial charge in [0.2, 0.25) is 0 Å². The number of furan rings is 1. The number of halogens is 1. The molecule has 0 amide bonds. The van der Waals surface area contributed by atoms with Gasteiger partial charge in [0.25, 0.3) is 0 Å². The Morgan fingerprint density at radius 2 is 2.19 bits per heavy atom. The highest BCUT2D eigenvalue weighted by molar-refractivity contribution is 9.09. The maximum Gasteiger partial charge on any atom is 0.105 e. The Balaban J connectivity index is 2.14. The first kappa shape index (κ1) is 11.4. The van der Waals surface area contributed by atoms with Gasteiger partial charge in [0, 0.05) is 28.7 Å². The summed E-state index contributed by atoms with van der Waals surface area (Å²) in [7, 11) is 0. The van der Waals surface area contributed by atoms with Gasteiger partial charge < -0.3 is 4.42 Å². The van der Waals surface area contributed by atoms with Crippen LogP contribution in [0.25, 0.3) is 0 Å². The largest absolute Gasteiger partial charge is 0.466 e. The molecule has 84 valence electrons. The molecule has 2 nitrogen and oxygen atoms in total. The van der Waals surface area contributed by atoms with Gasteiger partial charge in [0.1, 0.15) is 11.5 Å². The number of pyridine rings is 1. The minimum absolute atomic E-state index is 0.264. The molecule has 2 rings (SSSR count). The Morgan fingerprint density at radius 1 is 1.38 bits per heavy atom. The van der Waals surface area contributed by atoms with E-state index in [-0.39, 0.29) is 4.83 Å². The third kappa shape index (κ3) is 2.53. The third-order valence-corrected chi connectivity index (χ3v) is 3.35. The van der Waals surface area contributed by atoms with E-state index in [0.29, 0.717) is 0 Å². The number of alkyl halides is 1. The first-order valence-corrected chi connectivity index (χ1v) is 6.19. The molecular formula is C13H14BrNO. The minimum Gasteiger partial charge on any atom is -0.466 e. The Kier molecular flexibility index (Phi) is 3.44. The Labute approximate surface area is 104 Å². The number of hydrogen-bond acceptors (Lipinski definition) is 2. The fourth-order valence-corrected chi connectivity index (χ4v) is 2.56. The lowest BCUT2D eigenvalue weighted by molar-refractivity contribution is 0.501. The topological polar surface area (TPSA) is 26.0 Å². The van der Waals surface area contributed by atoms with Crippen molar-refractivity contribution in [2.24, 2.45) is 0 Å². The number of nitrogens with zero attached hydrogens (tertiary/aromatic N) is 1. The molecule has 0 bridgehead atoms. The summed E-state index contributed by atoms with van der Waals surface area (Å²) in [5, 5.41) is 0. The molecule has 0 aliphatic heterocycles. The van der Waals surface area contributed by atoms with E-state index < -0.39 is 0 Å². The lowest BCUT2D eigenvalue weighted by atomic mass is 10.1. The predicted octanol–water partition coefficient (Wildman–Crippen LogP) is 3.97. The molecule has 0 aromatic carbocycles. The molecule has 0 N–H and O–H groups in total. The molecule has 0 fully saturated rings. The smallest absolute Gasteiger partial charge is 0.105 e. The Morgan fingerprint density at radius 3 is 2.75 bits per heavy atom. The molecule has 3 heteroatoms. The van der Waals surface area contributed by atoms with E-state index in [1.807, 2.05) is 38.2 Å². The quantitative estimate of drug-likeness (QED) is 0.795. The molecule has 2 aromatic heterocycles. The fraction of sp³-hybridized carbons (Fsp3) is 0.308. The summed E-state index contributed by atoms with van der Waals surface area (Å²) < 4.78 is 5.52. The summed E-state index contributed by atoms with van der Waals surface area (Å²) >= 11 is 3.69. The lowest BCUT2D eigenvalue weighted by Gasteiger charge is -2.07. The third-order valence-electron chi connectivity index (χ3n) is 2.53. The fourth-order valence-electron chi connectivity index (χ4n) is 1.77. The van der Waals surface area contributed by atoms with Crippen LogP contribution in [-0.4, -0.2) is 4.98 Å². The molecule has 0 saturated heterocycles. The molecular weight excluding hydrogens is 266 g/mol. The first-order chi connectivity index (χ1) is 7.66. The summed E-state index contributed by atoms with van der Waals surface area (Å²) in [6.45, 7) is 3.96. The maximum atomic E-state index is 5.52. The van der Waals surface area contributed by atoms with E-state index in [9.17, 15) is 0 Å². The average Bonchev–Trinajstić information content (AvgIpc) is 2.59. The van der Waals surface area contributed by atoms with E-state index in [1.54, 1.807) is 0 Å². The number of hydrogen-bond donors (Lipinski definition) is 0. The zero-order valence-corrected chi connectivity index (χ0v) is 11.0. The monoisotopic (exact) mass is 279 g/mol. The van der Waals surface area contributed by atoms with Crippen LogP contribution >= 0.6 is 15.9 Å².